The van der Waals surface area contributed by atoms with E-state index in [1.807, 2.05) is 38.1 Å². The summed E-state index contributed by atoms with van der Waals surface area (Å²) in [5.74, 6) is 2.28. The molecule has 0 aliphatic rings. The fourth-order valence-corrected chi connectivity index (χ4v) is 2.12. The summed E-state index contributed by atoms with van der Waals surface area (Å²) in [6.07, 6.45) is 0. The van der Waals surface area contributed by atoms with Gasteiger partial charge < -0.3 is 10.6 Å². The van der Waals surface area contributed by atoms with Crippen LogP contribution in [-0.2, 0) is 0 Å². The van der Waals surface area contributed by atoms with Gasteiger partial charge in [0.05, 0.1) is 5.02 Å². The summed E-state index contributed by atoms with van der Waals surface area (Å²) in [6, 6.07) is 7.51. The van der Waals surface area contributed by atoms with Gasteiger partial charge in [-0.3, -0.25) is 0 Å². The Morgan fingerprint density at radius 1 is 1.21 bits per heavy atom. The van der Waals surface area contributed by atoms with E-state index in [0.29, 0.717) is 10.8 Å². The number of rotatable bonds is 4. The Morgan fingerprint density at radius 2 is 1.95 bits per heavy atom. The minimum absolute atomic E-state index is 0.678. The summed E-state index contributed by atoms with van der Waals surface area (Å²) in [7, 11) is 0. The molecule has 0 saturated heterocycles. The van der Waals surface area contributed by atoms with E-state index in [-0.39, 0.29) is 0 Å². The second-order valence-corrected chi connectivity index (χ2v) is 5.23. The highest BCUT2D eigenvalue weighted by molar-refractivity contribution is 9.10. The molecule has 1 aromatic carbocycles. The van der Waals surface area contributed by atoms with Gasteiger partial charge in [0, 0.05) is 22.8 Å². The fourth-order valence-electron chi connectivity index (χ4n) is 1.63. The lowest BCUT2D eigenvalue weighted by Gasteiger charge is -2.10. The molecule has 0 radical (unpaired) electrons. The van der Waals surface area contributed by atoms with Gasteiger partial charge >= 0.3 is 0 Å². The quantitative estimate of drug-likeness (QED) is 0.866. The zero-order valence-electron chi connectivity index (χ0n) is 10.7. The molecule has 19 heavy (non-hydrogen) atoms. The van der Waals surface area contributed by atoms with E-state index in [2.05, 4.69) is 36.5 Å². The van der Waals surface area contributed by atoms with E-state index in [1.165, 1.54) is 0 Å². The van der Waals surface area contributed by atoms with E-state index in [4.69, 9.17) is 11.6 Å². The topological polar surface area (TPSA) is 49.8 Å². The summed E-state index contributed by atoms with van der Waals surface area (Å²) in [4.78, 5) is 8.66. The van der Waals surface area contributed by atoms with Gasteiger partial charge in [0.15, 0.2) is 0 Å². The first-order valence-electron chi connectivity index (χ1n) is 5.90. The number of aryl methyl sites for hydroxylation is 1. The monoisotopic (exact) mass is 340 g/mol. The van der Waals surface area contributed by atoms with Crippen molar-refractivity contribution in [2.24, 2.45) is 0 Å². The van der Waals surface area contributed by atoms with Crippen LogP contribution in [0.15, 0.2) is 28.7 Å². The van der Waals surface area contributed by atoms with Crippen molar-refractivity contribution < 1.29 is 0 Å². The number of aromatic nitrogens is 2. The van der Waals surface area contributed by atoms with Crippen molar-refractivity contribution in [3.05, 3.63) is 39.6 Å². The zero-order chi connectivity index (χ0) is 13.8. The third-order valence-electron chi connectivity index (χ3n) is 2.39. The minimum Gasteiger partial charge on any atom is -0.370 e. The third kappa shape index (κ3) is 3.81. The first kappa shape index (κ1) is 14.1. The van der Waals surface area contributed by atoms with Crippen LogP contribution in [0.2, 0.25) is 5.02 Å². The maximum absolute atomic E-state index is 5.97. The molecule has 6 heteroatoms. The van der Waals surface area contributed by atoms with Crippen LogP contribution in [-0.4, -0.2) is 16.5 Å². The number of nitrogens with zero attached hydrogens (tertiary/aromatic N) is 2. The van der Waals surface area contributed by atoms with E-state index < -0.39 is 0 Å². The van der Waals surface area contributed by atoms with Crippen molar-refractivity contribution in [1.82, 2.24) is 9.97 Å². The van der Waals surface area contributed by atoms with Crippen LogP contribution in [0, 0.1) is 6.92 Å². The summed E-state index contributed by atoms with van der Waals surface area (Å²) in [5, 5.41) is 7.08. The molecule has 0 atom stereocenters. The van der Waals surface area contributed by atoms with Crippen molar-refractivity contribution in [2.75, 3.05) is 17.2 Å². The van der Waals surface area contributed by atoms with Crippen molar-refractivity contribution in [3.63, 3.8) is 0 Å². The van der Waals surface area contributed by atoms with Gasteiger partial charge in [-0.15, -0.1) is 0 Å². The van der Waals surface area contributed by atoms with Crippen LogP contribution < -0.4 is 10.6 Å². The summed E-state index contributed by atoms with van der Waals surface area (Å²) >= 11 is 9.36. The summed E-state index contributed by atoms with van der Waals surface area (Å²) in [6.45, 7) is 4.72. The lowest BCUT2D eigenvalue weighted by Crippen LogP contribution is -2.04. The lowest BCUT2D eigenvalue weighted by atomic mass is 10.3. The largest absolute Gasteiger partial charge is 0.370 e. The van der Waals surface area contributed by atoms with Crippen LogP contribution in [0.5, 0.6) is 0 Å². The molecule has 0 saturated carbocycles. The van der Waals surface area contributed by atoms with E-state index >= 15 is 0 Å². The molecular formula is C13H14BrClN4. The van der Waals surface area contributed by atoms with E-state index in [9.17, 15) is 0 Å². The molecule has 0 amide bonds. The van der Waals surface area contributed by atoms with Gasteiger partial charge in [-0.1, -0.05) is 11.6 Å². The van der Waals surface area contributed by atoms with Gasteiger partial charge in [0.25, 0.3) is 0 Å². The van der Waals surface area contributed by atoms with Crippen molar-refractivity contribution in [3.8, 4) is 0 Å². The molecule has 0 aliphatic carbocycles. The van der Waals surface area contributed by atoms with Crippen LogP contribution in [0.1, 0.15) is 12.7 Å². The second kappa shape index (κ2) is 6.21. The fraction of sp³-hybridized carbons (Fsp3) is 0.231. The smallest absolute Gasteiger partial charge is 0.136 e. The molecule has 0 aliphatic heterocycles. The number of nitrogens with one attached hydrogen (secondary N) is 2. The zero-order valence-corrected chi connectivity index (χ0v) is 13.0. The first-order chi connectivity index (χ1) is 9.08. The average molecular weight is 342 g/mol. The van der Waals surface area contributed by atoms with Crippen molar-refractivity contribution in [1.29, 1.82) is 0 Å². The normalized spacial score (nSPS) is 10.3. The van der Waals surface area contributed by atoms with Crippen molar-refractivity contribution >= 4 is 44.9 Å². The molecule has 0 fully saturated rings. The van der Waals surface area contributed by atoms with E-state index in [1.54, 1.807) is 0 Å². The molecule has 2 aromatic rings. The summed E-state index contributed by atoms with van der Waals surface area (Å²) in [5.41, 5.74) is 0.914. The number of hydrogen-bond donors (Lipinski definition) is 2. The molecule has 0 bridgehead atoms. The Morgan fingerprint density at radius 3 is 2.63 bits per heavy atom. The lowest BCUT2D eigenvalue weighted by molar-refractivity contribution is 1.04. The average Bonchev–Trinajstić information content (AvgIpc) is 2.33. The number of benzene rings is 1. The number of halogens is 2. The minimum atomic E-state index is 0.678. The molecule has 4 nitrogen and oxygen atoms in total. The SMILES string of the molecule is CCNc1cc(Nc2ccc(Cl)c(Br)c2)nc(C)n1. The molecule has 0 spiro atoms. The van der Waals surface area contributed by atoms with Gasteiger partial charge in [0.1, 0.15) is 17.5 Å². The Balaban J connectivity index is 2.24. The van der Waals surface area contributed by atoms with Gasteiger partial charge in [-0.05, 0) is 48.0 Å². The Bertz CT molecular complexity index is 589. The van der Waals surface area contributed by atoms with Gasteiger partial charge in [-0.2, -0.15) is 0 Å². The molecule has 2 rings (SSSR count). The summed E-state index contributed by atoms with van der Waals surface area (Å²) < 4.78 is 0.844. The first-order valence-corrected chi connectivity index (χ1v) is 7.07. The Hall–Kier alpha value is -1.33. The molecule has 1 heterocycles. The maximum Gasteiger partial charge on any atom is 0.136 e. The predicted octanol–water partition coefficient (Wildman–Crippen LogP) is 4.38. The molecule has 1 aromatic heterocycles. The third-order valence-corrected chi connectivity index (χ3v) is 3.60. The maximum atomic E-state index is 5.97. The predicted molar refractivity (Wildman–Crippen MR) is 83.4 cm³/mol. The molecule has 0 unspecified atom stereocenters. The van der Waals surface area contributed by atoms with E-state index in [0.717, 1.165) is 28.3 Å². The Labute approximate surface area is 125 Å². The number of hydrogen-bond acceptors (Lipinski definition) is 4. The van der Waals surface area contributed by atoms with Crippen LogP contribution in [0.3, 0.4) is 0 Å². The highest BCUT2D eigenvalue weighted by Crippen LogP contribution is 2.27. The molecule has 100 valence electrons. The van der Waals surface area contributed by atoms with Crippen LogP contribution >= 0.6 is 27.5 Å². The van der Waals surface area contributed by atoms with Crippen LogP contribution in [0.4, 0.5) is 17.3 Å². The second-order valence-electron chi connectivity index (χ2n) is 3.97. The van der Waals surface area contributed by atoms with Crippen LogP contribution in [0.25, 0.3) is 0 Å². The van der Waals surface area contributed by atoms with Crippen molar-refractivity contribution in [2.45, 2.75) is 13.8 Å². The van der Waals surface area contributed by atoms with Gasteiger partial charge in [-0.25, -0.2) is 9.97 Å². The molecular weight excluding hydrogens is 328 g/mol. The highest BCUT2D eigenvalue weighted by atomic mass is 79.9. The Kier molecular flexibility index (Phi) is 4.61. The van der Waals surface area contributed by atoms with Gasteiger partial charge in [0.2, 0.25) is 0 Å². The highest BCUT2D eigenvalue weighted by Gasteiger charge is 2.03. The molecule has 2 N–H and O–H groups in total. The standard InChI is InChI=1S/C13H14BrClN4/c1-3-16-12-7-13(18-8(2)17-12)19-9-4-5-11(15)10(14)6-9/h4-7H,3H2,1-2H3,(H2,16,17,18,19). The number of anilines is 3.